The number of benzene rings is 1. The van der Waals surface area contributed by atoms with Gasteiger partial charge in [0.2, 0.25) is 5.89 Å². The minimum Gasteiger partial charge on any atom is -0.497 e. The molecule has 1 atom stereocenters. The zero-order valence-corrected chi connectivity index (χ0v) is 10.9. The van der Waals surface area contributed by atoms with Crippen molar-refractivity contribution in [2.45, 2.75) is 25.3 Å². The van der Waals surface area contributed by atoms with E-state index in [4.69, 9.17) is 9.26 Å². The SMILES string of the molecule is COc1cccc(Cc2noc([C@H]3CCCN3)n2)c1. The number of hydrogen-bond donors (Lipinski definition) is 1. The zero-order chi connectivity index (χ0) is 13.1. The van der Waals surface area contributed by atoms with E-state index in [1.54, 1.807) is 7.11 Å². The van der Waals surface area contributed by atoms with Gasteiger partial charge in [-0.15, -0.1) is 0 Å². The Labute approximate surface area is 112 Å². The summed E-state index contributed by atoms with van der Waals surface area (Å²) in [6, 6.07) is 8.14. The second-order valence-electron chi connectivity index (χ2n) is 4.73. The number of methoxy groups -OCH3 is 1. The van der Waals surface area contributed by atoms with E-state index in [-0.39, 0.29) is 6.04 Å². The molecule has 0 aliphatic carbocycles. The molecule has 100 valence electrons. The smallest absolute Gasteiger partial charge is 0.243 e. The Balaban J connectivity index is 1.72. The molecule has 5 nitrogen and oxygen atoms in total. The van der Waals surface area contributed by atoms with E-state index in [0.717, 1.165) is 36.5 Å². The van der Waals surface area contributed by atoms with Crippen LogP contribution in [0.4, 0.5) is 0 Å². The highest BCUT2D eigenvalue weighted by Crippen LogP contribution is 2.22. The van der Waals surface area contributed by atoms with Gasteiger partial charge in [-0.1, -0.05) is 17.3 Å². The molecule has 1 aliphatic heterocycles. The van der Waals surface area contributed by atoms with Gasteiger partial charge in [0, 0.05) is 6.42 Å². The van der Waals surface area contributed by atoms with Gasteiger partial charge in [-0.3, -0.25) is 0 Å². The van der Waals surface area contributed by atoms with Crippen LogP contribution in [0, 0.1) is 0 Å². The first kappa shape index (κ1) is 12.2. The third-order valence-electron chi connectivity index (χ3n) is 3.34. The van der Waals surface area contributed by atoms with Crippen LogP contribution in [0.15, 0.2) is 28.8 Å². The van der Waals surface area contributed by atoms with Gasteiger partial charge in [0.25, 0.3) is 0 Å². The maximum Gasteiger partial charge on any atom is 0.243 e. The summed E-state index contributed by atoms with van der Waals surface area (Å²) in [7, 11) is 1.66. The summed E-state index contributed by atoms with van der Waals surface area (Å²) in [5.41, 5.74) is 1.12. The van der Waals surface area contributed by atoms with E-state index >= 15 is 0 Å². The number of nitrogens with one attached hydrogen (secondary N) is 1. The molecule has 1 saturated heterocycles. The van der Waals surface area contributed by atoms with Crippen LogP contribution in [-0.2, 0) is 6.42 Å². The molecule has 0 saturated carbocycles. The van der Waals surface area contributed by atoms with Gasteiger partial charge in [0.1, 0.15) is 5.75 Å². The summed E-state index contributed by atoms with van der Waals surface area (Å²) in [4.78, 5) is 4.46. The van der Waals surface area contributed by atoms with Crippen molar-refractivity contribution in [2.75, 3.05) is 13.7 Å². The van der Waals surface area contributed by atoms with Crippen molar-refractivity contribution in [3.8, 4) is 5.75 Å². The Morgan fingerprint density at radius 3 is 3.21 bits per heavy atom. The first-order valence-corrected chi connectivity index (χ1v) is 6.54. The highest BCUT2D eigenvalue weighted by Gasteiger charge is 2.22. The van der Waals surface area contributed by atoms with E-state index in [1.165, 1.54) is 0 Å². The van der Waals surface area contributed by atoms with Crippen LogP contribution in [0.25, 0.3) is 0 Å². The number of aromatic nitrogens is 2. The predicted octanol–water partition coefficient (Wildman–Crippen LogP) is 2.09. The molecule has 1 aliphatic rings. The fraction of sp³-hybridized carbons (Fsp3) is 0.429. The number of nitrogens with zero attached hydrogens (tertiary/aromatic N) is 2. The average molecular weight is 259 g/mol. The lowest BCUT2D eigenvalue weighted by Crippen LogP contribution is -2.13. The average Bonchev–Trinajstić information content (AvgIpc) is 3.09. The Kier molecular flexibility index (Phi) is 3.46. The summed E-state index contributed by atoms with van der Waals surface area (Å²) < 4.78 is 10.5. The standard InChI is InChI=1S/C14H17N3O2/c1-18-11-5-2-4-10(8-11)9-13-16-14(19-17-13)12-6-3-7-15-12/h2,4-5,8,12,15H,3,6-7,9H2,1H3/t12-/m1/s1. The lowest BCUT2D eigenvalue weighted by molar-refractivity contribution is 0.341. The van der Waals surface area contributed by atoms with Gasteiger partial charge < -0.3 is 14.6 Å². The molecule has 19 heavy (non-hydrogen) atoms. The molecule has 1 aromatic heterocycles. The maximum absolute atomic E-state index is 5.32. The summed E-state index contributed by atoms with van der Waals surface area (Å²) in [6.07, 6.45) is 2.90. The second-order valence-corrected chi connectivity index (χ2v) is 4.73. The predicted molar refractivity (Wildman–Crippen MR) is 70.1 cm³/mol. The fourth-order valence-corrected chi connectivity index (χ4v) is 2.34. The van der Waals surface area contributed by atoms with Crippen molar-refractivity contribution in [1.82, 2.24) is 15.5 Å². The van der Waals surface area contributed by atoms with E-state index in [0.29, 0.717) is 12.3 Å². The molecule has 3 rings (SSSR count). The minimum absolute atomic E-state index is 0.228. The van der Waals surface area contributed by atoms with Crippen LogP contribution >= 0.6 is 0 Å². The third kappa shape index (κ3) is 2.76. The molecule has 1 aromatic carbocycles. The molecule has 2 heterocycles. The first-order chi connectivity index (χ1) is 9.35. The van der Waals surface area contributed by atoms with Gasteiger partial charge in [-0.05, 0) is 37.1 Å². The summed E-state index contributed by atoms with van der Waals surface area (Å²) >= 11 is 0. The molecule has 1 N–H and O–H groups in total. The van der Waals surface area contributed by atoms with Gasteiger partial charge in [-0.2, -0.15) is 4.98 Å². The Bertz CT molecular complexity index is 547. The van der Waals surface area contributed by atoms with Crippen LogP contribution in [0.5, 0.6) is 5.75 Å². The van der Waals surface area contributed by atoms with Gasteiger partial charge in [-0.25, -0.2) is 0 Å². The van der Waals surface area contributed by atoms with Crippen molar-refractivity contribution >= 4 is 0 Å². The van der Waals surface area contributed by atoms with Crippen molar-refractivity contribution < 1.29 is 9.26 Å². The summed E-state index contributed by atoms with van der Waals surface area (Å²) in [5.74, 6) is 2.27. The topological polar surface area (TPSA) is 60.2 Å². The Morgan fingerprint density at radius 2 is 2.42 bits per heavy atom. The molecule has 0 bridgehead atoms. The molecular formula is C14H17N3O2. The van der Waals surface area contributed by atoms with E-state index < -0.39 is 0 Å². The minimum atomic E-state index is 0.228. The van der Waals surface area contributed by atoms with Crippen LogP contribution in [0.2, 0.25) is 0 Å². The largest absolute Gasteiger partial charge is 0.497 e. The molecule has 0 amide bonds. The molecular weight excluding hydrogens is 242 g/mol. The molecule has 1 fully saturated rings. The Hall–Kier alpha value is -1.88. The highest BCUT2D eigenvalue weighted by atomic mass is 16.5. The molecule has 5 heteroatoms. The lowest BCUT2D eigenvalue weighted by atomic mass is 10.1. The molecule has 0 radical (unpaired) electrons. The van der Waals surface area contributed by atoms with Crippen molar-refractivity contribution in [2.24, 2.45) is 0 Å². The van der Waals surface area contributed by atoms with E-state index in [1.807, 2.05) is 24.3 Å². The fourth-order valence-electron chi connectivity index (χ4n) is 2.34. The molecule has 2 aromatic rings. The van der Waals surface area contributed by atoms with Crippen LogP contribution in [0.1, 0.15) is 36.2 Å². The number of hydrogen-bond acceptors (Lipinski definition) is 5. The summed E-state index contributed by atoms with van der Waals surface area (Å²) in [6.45, 7) is 1.03. The second kappa shape index (κ2) is 5.40. The zero-order valence-electron chi connectivity index (χ0n) is 10.9. The number of ether oxygens (including phenoxy) is 1. The summed E-state index contributed by atoms with van der Waals surface area (Å²) in [5, 5.41) is 7.40. The lowest BCUT2D eigenvalue weighted by Gasteiger charge is -2.02. The van der Waals surface area contributed by atoms with Gasteiger partial charge in [0.15, 0.2) is 5.82 Å². The highest BCUT2D eigenvalue weighted by molar-refractivity contribution is 5.30. The van der Waals surface area contributed by atoms with E-state index in [9.17, 15) is 0 Å². The van der Waals surface area contributed by atoms with Crippen LogP contribution in [-0.4, -0.2) is 23.8 Å². The Morgan fingerprint density at radius 1 is 1.47 bits per heavy atom. The van der Waals surface area contributed by atoms with Crippen molar-refractivity contribution in [3.05, 3.63) is 41.5 Å². The van der Waals surface area contributed by atoms with Gasteiger partial charge in [0.05, 0.1) is 13.2 Å². The van der Waals surface area contributed by atoms with Crippen LogP contribution in [0.3, 0.4) is 0 Å². The maximum atomic E-state index is 5.32. The van der Waals surface area contributed by atoms with E-state index in [2.05, 4.69) is 15.5 Å². The third-order valence-corrected chi connectivity index (χ3v) is 3.34. The van der Waals surface area contributed by atoms with Crippen molar-refractivity contribution in [3.63, 3.8) is 0 Å². The first-order valence-electron chi connectivity index (χ1n) is 6.54. The van der Waals surface area contributed by atoms with Crippen LogP contribution < -0.4 is 10.1 Å². The quantitative estimate of drug-likeness (QED) is 0.911. The molecule has 0 unspecified atom stereocenters. The van der Waals surface area contributed by atoms with Gasteiger partial charge >= 0.3 is 0 Å². The normalized spacial score (nSPS) is 18.7. The van der Waals surface area contributed by atoms with Crippen molar-refractivity contribution in [1.29, 1.82) is 0 Å². The monoisotopic (exact) mass is 259 g/mol. The number of rotatable bonds is 4. The molecule has 0 spiro atoms.